The predicted octanol–water partition coefficient (Wildman–Crippen LogP) is 4.76. The molecule has 2 heterocycles. The highest BCUT2D eigenvalue weighted by Crippen LogP contribution is 2.62. The van der Waals surface area contributed by atoms with Gasteiger partial charge >= 0.3 is 0 Å². The largest absolute Gasteiger partial charge is 0.307 e. The highest BCUT2D eigenvalue weighted by Gasteiger charge is 2.53. The van der Waals surface area contributed by atoms with Crippen LogP contribution in [-0.2, 0) is 22.0 Å². The minimum atomic E-state index is -3.42. The van der Waals surface area contributed by atoms with Crippen LogP contribution in [0.25, 0.3) is 0 Å². The molecule has 2 spiro atoms. The van der Waals surface area contributed by atoms with Gasteiger partial charge in [0.05, 0.1) is 19.3 Å². The molecule has 9 heteroatoms. The van der Waals surface area contributed by atoms with Crippen molar-refractivity contribution in [2.45, 2.75) is 56.4 Å². The van der Waals surface area contributed by atoms with Crippen molar-refractivity contribution in [2.75, 3.05) is 35.5 Å². The zero-order chi connectivity index (χ0) is 25.3. The first-order valence-corrected chi connectivity index (χ1v) is 14.5. The van der Waals surface area contributed by atoms with Crippen LogP contribution >= 0.6 is 0 Å². The number of hydrogen-bond acceptors (Lipinski definition) is 4. The van der Waals surface area contributed by atoms with E-state index >= 15 is 0 Å². The average molecular weight is 516 g/mol. The van der Waals surface area contributed by atoms with E-state index < -0.39 is 15.9 Å². The van der Waals surface area contributed by atoms with Crippen LogP contribution < -0.4 is 9.62 Å². The molecule has 1 N–H and O–H groups in total. The number of carbonyl (C=O) groups excluding carboxylic acids is 1. The van der Waals surface area contributed by atoms with Crippen molar-refractivity contribution < 1.29 is 22.0 Å². The molecule has 0 aromatic heterocycles. The van der Waals surface area contributed by atoms with Crippen LogP contribution in [0.4, 0.5) is 20.2 Å². The Morgan fingerprint density at radius 3 is 2.31 bits per heavy atom. The Morgan fingerprint density at radius 1 is 0.972 bits per heavy atom. The number of fused-ring (bicyclic) bond motifs is 2. The van der Waals surface area contributed by atoms with E-state index in [-0.39, 0.29) is 24.4 Å². The number of hydrogen-bond donors (Lipinski definition) is 1. The Balaban J connectivity index is 1.29. The second-order valence-corrected chi connectivity index (χ2v) is 13.2. The normalized spacial score (nSPS) is 23.4. The van der Waals surface area contributed by atoms with Crippen molar-refractivity contribution in [3.63, 3.8) is 0 Å². The van der Waals surface area contributed by atoms with E-state index in [0.717, 1.165) is 48.8 Å². The summed E-state index contributed by atoms with van der Waals surface area (Å²) in [5, 5.41) is 0. The van der Waals surface area contributed by atoms with Gasteiger partial charge < -0.3 is 4.90 Å². The standard InChI is InChI=1S/C27H31F2N3O3S/c1-36(34,35)30-21-5-6-23-22(14-21)26(11-9-25(7-8-25)10-12-26)16-32(23)24(33)20-4-2-3-19(13-20)15-31-17-27(28,29)18-31/h2-6,13-14,30H,7-12,15-18H2,1H3. The third-order valence-electron chi connectivity index (χ3n) is 8.58. The summed E-state index contributed by atoms with van der Waals surface area (Å²) in [4.78, 5) is 17.3. The third-order valence-corrected chi connectivity index (χ3v) is 9.19. The highest BCUT2D eigenvalue weighted by atomic mass is 32.2. The number of sulfonamides is 1. The number of likely N-dealkylation sites (tertiary alicyclic amines) is 1. The van der Waals surface area contributed by atoms with Crippen molar-refractivity contribution in [2.24, 2.45) is 5.41 Å². The van der Waals surface area contributed by atoms with E-state index in [1.54, 1.807) is 17.0 Å². The zero-order valence-electron chi connectivity index (χ0n) is 20.4. The van der Waals surface area contributed by atoms with Gasteiger partial charge in [-0.05, 0) is 85.4 Å². The fraction of sp³-hybridized carbons (Fsp3) is 0.519. The molecule has 6 rings (SSSR count). The van der Waals surface area contributed by atoms with Gasteiger partial charge in [-0.3, -0.25) is 14.4 Å². The second kappa shape index (κ2) is 7.99. The maximum atomic E-state index is 13.8. The topological polar surface area (TPSA) is 69.7 Å². The lowest BCUT2D eigenvalue weighted by Crippen LogP contribution is -2.55. The van der Waals surface area contributed by atoms with Gasteiger partial charge in [-0.1, -0.05) is 12.1 Å². The maximum absolute atomic E-state index is 13.8. The molecule has 36 heavy (non-hydrogen) atoms. The first-order chi connectivity index (χ1) is 17.0. The zero-order valence-corrected chi connectivity index (χ0v) is 21.2. The lowest BCUT2D eigenvalue weighted by Gasteiger charge is -2.38. The molecular formula is C27H31F2N3O3S. The number of rotatable bonds is 5. The predicted molar refractivity (Wildman–Crippen MR) is 135 cm³/mol. The van der Waals surface area contributed by atoms with Gasteiger partial charge in [-0.2, -0.15) is 0 Å². The molecule has 3 fully saturated rings. The average Bonchev–Trinajstić information content (AvgIpc) is 3.49. The van der Waals surface area contributed by atoms with Crippen LogP contribution in [0.1, 0.15) is 60.0 Å². The number of benzene rings is 2. The summed E-state index contributed by atoms with van der Waals surface area (Å²) < 4.78 is 52.8. The van der Waals surface area contributed by atoms with Crippen molar-refractivity contribution >= 4 is 27.3 Å². The van der Waals surface area contributed by atoms with E-state index in [1.165, 1.54) is 12.8 Å². The SMILES string of the molecule is CS(=O)(=O)Nc1ccc2c(c1)C1(CCC3(CC3)CC1)CN2C(=O)c1cccc(CN2CC(F)(F)C2)c1. The quantitative estimate of drug-likeness (QED) is 0.623. The van der Waals surface area contributed by atoms with Crippen molar-refractivity contribution in [1.29, 1.82) is 0 Å². The lowest BCUT2D eigenvalue weighted by atomic mass is 9.66. The van der Waals surface area contributed by atoms with Crippen molar-refractivity contribution in [1.82, 2.24) is 4.90 Å². The number of nitrogens with one attached hydrogen (secondary N) is 1. The molecule has 2 aromatic carbocycles. The number of halogens is 2. The summed E-state index contributed by atoms with van der Waals surface area (Å²) in [5.74, 6) is -2.73. The molecular weight excluding hydrogens is 484 g/mol. The molecule has 6 nitrogen and oxygen atoms in total. The molecule has 2 saturated carbocycles. The van der Waals surface area contributed by atoms with Crippen molar-refractivity contribution in [3.05, 3.63) is 59.2 Å². The molecule has 1 amide bonds. The van der Waals surface area contributed by atoms with Gasteiger partial charge in [0.1, 0.15) is 0 Å². The molecule has 4 aliphatic rings. The third kappa shape index (κ3) is 4.41. The van der Waals surface area contributed by atoms with Gasteiger partial charge in [-0.15, -0.1) is 0 Å². The second-order valence-electron chi connectivity index (χ2n) is 11.5. The molecule has 192 valence electrons. The van der Waals surface area contributed by atoms with Crippen LogP contribution in [0, 0.1) is 5.41 Å². The summed E-state index contributed by atoms with van der Waals surface area (Å²) in [6.45, 7) is 0.457. The smallest absolute Gasteiger partial charge is 0.272 e. The van der Waals surface area contributed by atoms with Gasteiger partial charge in [0.15, 0.2) is 0 Å². The van der Waals surface area contributed by atoms with Crippen LogP contribution in [-0.4, -0.2) is 51.0 Å². The van der Waals surface area contributed by atoms with Gasteiger partial charge in [0.25, 0.3) is 11.8 Å². The van der Waals surface area contributed by atoms with Crippen LogP contribution in [0.3, 0.4) is 0 Å². The number of alkyl halides is 2. The Labute approximate surface area is 210 Å². The van der Waals surface area contributed by atoms with E-state index in [0.29, 0.717) is 29.8 Å². The minimum absolute atomic E-state index is 0.112. The number of nitrogens with zero attached hydrogens (tertiary/aromatic N) is 2. The highest BCUT2D eigenvalue weighted by molar-refractivity contribution is 7.92. The molecule has 0 radical (unpaired) electrons. The monoisotopic (exact) mass is 515 g/mol. The molecule has 0 bridgehead atoms. The molecule has 0 atom stereocenters. The summed E-state index contributed by atoms with van der Waals surface area (Å²) in [7, 11) is -3.42. The van der Waals surface area contributed by atoms with Crippen molar-refractivity contribution in [3.8, 4) is 0 Å². The number of carbonyl (C=O) groups is 1. The summed E-state index contributed by atoms with van der Waals surface area (Å²) in [6, 6.07) is 12.7. The molecule has 1 saturated heterocycles. The number of amides is 1. The van der Waals surface area contributed by atoms with Gasteiger partial charge in [0.2, 0.25) is 10.0 Å². The fourth-order valence-electron chi connectivity index (χ4n) is 6.43. The Hall–Kier alpha value is -2.52. The maximum Gasteiger partial charge on any atom is 0.272 e. The van der Waals surface area contributed by atoms with Crippen LogP contribution in [0.2, 0.25) is 0 Å². The minimum Gasteiger partial charge on any atom is -0.307 e. The lowest BCUT2D eigenvalue weighted by molar-refractivity contribution is -0.133. The molecule has 0 unspecified atom stereocenters. The Kier molecular flexibility index (Phi) is 5.29. The van der Waals surface area contributed by atoms with Gasteiger partial charge in [0, 0.05) is 35.4 Å². The molecule has 2 aromatic rings. The van der Waals surface area contributed by atoms with Gasteiger partial charge in [-0.25, -0.2) is 17.2 Å². The van der Waals surface area contributed by atoms with Crippen LogP contribution in [0.15, 0.2) is 42.5 Å². The van der Waals surface area contributed by atoms with Crippen LogP contribution in [0.5, 0.6) is 0 Å². The van der Waals surface area contributed by atoms with E-state index in [1.807, 2.05) is 35.2 Å². The fourth-order valence-corrected chi connectivity index (χ4v) is 6.98. The van der Waals surface area contributed by atoms with E-state index in [4.69, 9.17) is 0 Å². The Bertz CT molecular complexity index is 1320. The molecule has 2 aliphatic carbocycles. The first kappa shape index (κ1) is 23.9. The first-order valence-electron chi connectivity index (χ1n) is 12.6. The summed E-state index contributed by atoms with van der Waals surface area (Å²) in [5.41, 5.74) is 4.06. The number of anilines is 2. The Morgan fingerprint density at radius 2 is 1.67 bits per heavy atom. The summed E-state index contributed by atoms with van der Waals surface area (Å²) in [6.07, 6.45) is 7.93. The summed E-state index contributed by atoms with van der Waals surface area (Å²) >= 11 is 0. The van der Waals surface area contributed by atoms with E-state index in [9.17, 15) is 22.0 Å². The molecule has 2 aliphatic heterocycles. The van der Waals surface area contributed by atoms with E-state index in [2.05, 4.69) is 4.72 Å².